The Labute approximate surface area is 140 Å². The topological polar surface area (TPSA) is 41.6 Å². The maximum Gasteiger partial charge on any atom is 0.248 e. The number of hydrogen-bond acceptors (Lipinski definition) is 3. The highest BCUT2D eigenvalue weighted by Crippen LogP contribution is 2.26. The van der Waals surface area contributed by atoms with Crippen molar-refractivity contribution in [2.75, 3.05) is 36.5 Å². The molecule has 1 fully saturated rings. The van der Waals surface area contributed by atoms with E-state index < -0.39 is 0 Å². The van der Waals surface area contributed by atoms with Crippen LogP contribution in [0.1, 0.15) is 5.56 Å². The number of nitrogens with zero attached hydrogens (tertiary/aromatic N) is 1. The Kier molecular flexibility index (Phi) is 5.23. The predicted octanol–water partition coefficient (Wildman–Crippen LogP) is 3.31. The molecule has 0 bridgehead atoms. The lowest BCUT2D eigenvalue weighted by Crippen LogP contribution is -2.36. The van der Waals surface area contributed by atoms with E-state index in [0.717, 1.165) is 24.5 Å². The number of nitrogens with one attached hydrogen (secondary N) is 1. The molecule has 1 saturated heterocycles. The average Bonchev–Trinajstić information content (AvgIpc) is 2.61. The summed E-state index contributed by atoms with van der Waals surface area (Å²) < 4.78 is 18.5. The average molecular weight is 326 g/mol. The van der Waals surface area contributed by atoms with Crippen molar-refractivity contribution in [1.29, 1.82) is 0 Å². The molecule has 0 saturated carbocycles. The molecule has 0 spiro atoms. The Morgan fingerprint density at radius 3 is 2.71 bits per heavy atom. The normalized spacial score (nSPS) is 14.8. The van der Waals surface area contributed by atoms with Crippen LogP contribution in [0.25, 0.3) is 6.08 Å². The molecule has 1 aliphatic heterocycles. The molecule has 2 aromatic rings. The van der Waals surface area contributed by atoms with E-state index in [9.17, 15) is 9.18 Å². The fraction of sp³-hybridized carbons (Fsp3) is 0.211. The predicted molar refractivity (Wildman–Crippen MR) is 93.5 cm³/mol. The number of carbonyl (C=O) groups excluding carboxylic acids is 1. The van der Waals surface area contributed by atoms with Gasteiger partial charge in [-0.15, -0.1) is 0 Å². The minimum atomic E-state index is -0.324. The summed E-state index contributed by atoms with van der Waals surface area (Å²) in [6, 6.07) is 13.8. The van der Waals surface area contributed by atoms with Gasteiger partial charge in [0.2, 0.25) is 5.91 Å². The molecular formula is C19H19FN2O2. The first kappa shape index (κ1) is 16.2. The lowest BCUT2D eigenvalue weighted by Gasteiger charge is -2.30. The highest BCUT2D eigenvalue weighted by Gasteiger charge is 2.15. The molecule has 124 valence electrons. The second-order valence-corrected chi connectivity index (χ2v) is 5.49. The highest BCUT2D eigenvalue weighted by molar-refractivity contribution is 6.03. The molecule has 1 heterocycles. The first-order valence-electron chi connectivity index (χ1n) is 7.89. The number of para-hydroxylation sites is 2. The second-order valence-electron chi connectivity index (χ2n) is 5.49. The highest BCUT2D eigenvalue weighted by atomic mass is 19.1. The fourth-order valence-corrected chi connectivity index (χ4v) is 2.62. The first-order chi connectivity index (χ1) is 11.7. The summed E-state index contributed by atoms with van der Waals surface area (Å²) >= 11 is 0. The van der Waals surface area contributed by atoms with Crippen molar-refractivity contribution in [3.8, 4) is 0 Å². The zero-order chi connectivity index (χ0) is 16.8. The summed E-state index contributed by atoms with van der Waals surface area (Å²) in [4.78, 5) is 14.4. The van der Waals surface area contributed by atoms with Gasteiger partial charge in [-0.05, 0) is 35.9 Å². The van der Waals surface area contributed by atoms with Gasteiger partial charge in [0.1, 0.15) is 5.82 Å². The van der Waals surface area contributed by atoms with Gasteiger partial charge in [-0.1, -0.05) is 24.3 Å². The molecule has 2 aromatic carbocycles. The molecule has 1 aliphatic rings. The van der Waals surface area contributed by atoms with Crippen LogP contribution in [-0.2, 0) is 9.53 Å². The Morgan fingerprint density at radius 2 is 1.92 bits per heavy atom. The number of benzene rings is 2. The number of ether oxygens (including phenoxy) is 1. The van der Waals surface area contributed by atoms with Crippen LogP contribution in [0.15, 0.2) is 54.6 Å². The number of anilines is 2. The first-order valence-corrected chi connectivity index (χ1v) is 7.89. The SMILES string of the molecule is O=C(C=Cc1cccc(F)c1)Nc1ccccc1N1CCOCC1. The van der Waals surface area contributed by atoms with Crippen LogP contribution in [0.3, 0.4) is 0 Å². The van der Waals surface area contributed by atoms with Crippen LogP contribution >= 0.6 is 0 Å². The quantitative estimate of drug-likeness (QED) is 0.877. The van der Waals surface area contributed by atoms with E-state index in [2.05, 4.69) is 10.2 Å². The second kappa shape index (κ2) is 7.75. The van der Waals surface area contributed by atoms with E-state index in [4.69, 9.17) is 4.74 Å². The largest absolute Gasteiger partial charge is 0.378 e. The third-order valence-corrected chi connectivity index (χ3v) is 3.79. The molecule has 3 rings (SSSR count). The Hall–Kier alpha value is -2.66. The molecule has 0 unspecified atom stereocenters. The van der Waals surface area contributed by atoms with Crippen LogP contribution in [0.5, 0.6) is 0 Å². The van der Waals surface area contributed by atoms with Crippen LogP contribution in [0, 0.1) is 5.82 Å². The standard InChI is InChI=1S/C19H19FN2O2/c20-16-5-3-4-15(14-16)8-9-19(23)21-17-6-1-2-7-18(17)22-10-12-24-13-11-22/h1-9,14H,10-13H2,(H,21,23). The van der Waals surface area contributed by atoms with Crippen molar-refractivity contribution in [3.05, 3.63) is 66.0 Å². The zero-order valence-electron chi connectivity index (χ0n) is 13.2. The van der Waals surface area contributed by atoms with Crippen molar-refractivity contribution in [1.82, 2.24) is 0 Å². The lowest BCUT2D eigenvalue weighted by atomic mass is 10.2. The lowest BCUT2D eigenvalue weighted by molar-refractivity contribution is -0.111. The van der Waals surface area contributed by atoms with Gasteiger partial charge in [-0.25, -0.2) is 4.39 Å². The van der Waals surface area contributed by atoms with Gasteiger partial charge in [-0.3, -0.25) is 4.79 Å². The fourth-order valence-electron chi connectivity index (χ4n) is 2.62. The molecule has 1 N–H and O–H groups in total. The Bertz CT molecular complexity index is 740. The van der Waals surface area contributed by atoms with Gasteiger partial charge in [0.25, 0.3) is 0 Å². The van der Waals surface area contributed by atoms with Gasteiger partial charge in [0.15, 0.2) is 0 Å². The summed E-state index contributed by atoms with van der Waals surface area (Å²) in [5, 5.41) is 2.89. The summed E-state index contributed by atoms with van der Waals surface area (Å²) in [5.74, 6) is -0.574. The monoisotopic (exact) mass is 326 g/mol. The van der Waals surface area contributed by atoms with Crippen molar-refractivity contribution in [2.45, 2.75) is 0 Å². The molecule has 0 radical (unpaired) electrons. The smallest absolute Gasteiger partial charge is 0.248 e. The van der Waals surface area contributed by atoms with Crippen molar-refractivity contribution in [2.24, 2.45) is 0 Å². The number of morpholine rings is 1. The summed E-state index contributed by atoms with van der Waals surface area (Å²) in [5.41, 5.74) is 2.38. The molecule has 5 heteroatoms. The minimum Gasteiger partial charge on any atom is -0.378 e. The Morgan fingerprint density at radius 1 is 1.12 bits per heavy atom. The molecular weight excluding hydrogens is 307 g/mol. The van der Waals surface area contributed by atoms with E-state index in [1.54, 1.807) is 18.2 Å². The van der Waals surface area contributed by atoms with Gasteiger partial charge in [-0.2, -0.15) is 0 Å². The van der Waals surface area contributed by atoms with Crippen LogP contribution in [-0.4, -0.2) is 32.2 Å². The van der Waals surface area contributed by atoms with E-state index in [1.807, 2.05) is 24.3 Å². The van der Waals surface area contributed by atoms with Crippen LogP contribution in [0.2, 0.25) is 0 Å². The van der Waals surface area contributed by atoms with Gasteiger partial charge >= 0.3 is 0 Å². The maximum atomic E-state index is 13.1. The third kappa shape index (κ3) is 4.20. The van der Waals surface area contributed by atoms with Gasteiger partial charge in [0.05, 0.1) is 24.6 Å². The Balaban J connectivity index is 1.70. The molecule has 0 aromatic heterocycles. The molecule has 4 nitrogen and oxygen atoms in total. The number of hydrogen-bond donors (Lipinski definition) is 1. The van der Waals surface area contributed by atoms with Gasteiger partial charge in [0, 0.05) is 19.2 Å². The number of halogens is 1. The summed E-state index contributed by atoms with van der Waals surface area (Å²) in [6.45, 7) is 2.96. The van der Waals surface area contributed by atoms with Gasteiger partial charge < -0.3 is 15.0 Å². The maximum absolute atomic E-state index is 13.1. The zero-order valence-corrected chi connectivity index (χ0v) is 13.2. The van der Waals surface area contributed by atoms with Crippen molar-refractivity contribution in [3.63, 3.8) is 0 Å². The van der Waals surface area contributed by atoms with E-state index >= 15 is 0 Å². The number of carbonyl (C=O) groups is 1. The summed E-state index contributed by atoms with van der Waals surface area (Å²) in [6.07, 6.45) is 3.00. The van der Waals surface area contributed by atoms with E-state index in [0.29, 0.717) is 18.8 Å². The van der Waals surface area contributed by atoms with E-state index in [-0.39, 0.29) is 11.7 Å². The molecule has 0 aliphatic carbocycles. The van der Waals surface area contributed by atoms with Crippen LogP contribution < -0.4 is 10.2 Å². The molecule has 0 atom stereocenters. The molecule has 24 heavy (non-hydrogen) atoms. The van der Waals surface area contributed by atoms with Crippen molar-refractivity contribution < 1.29 is 13.9 Å². The summed E-state index contributed by atoms with van der Waals surface area (Å²) in [7, 11) is 0. The van der Waals surface area contributed by atoms with Crippen molar-refractivity contribution >= 4 is 23.4 Å². The number of amides is 1. The minimum absolute atomic E-state index is 0.250. The third-order valence-electron chi connectivity index (χ3n) is 3.79. The molecule has 1 amide bonds. The van der Waals surface area contributed by atoms with Crippen LogP contribution in [0.4, 0.5) is 15.8 Å². The van der Waals surface area contributed by atoms with E-state index in [1.165, 1.54) is 18.2 Å². The number of rotatable bonds is 4.